The third-order valence-electron chi connectivity index (χ3n) is 5.17. The highest BCUT2D eigenvalue weighted by Crippen LogP contribution is 2.28. The number of hydrogen-bond acceptors (Lipinski definition) is 5. The van der Waals surface area contributed by atoms with Gasteiger partial charge in [0.2, 0.25) is 0 Å². The molecule has 0 aliphatic heterocycles. The summed E-state index contributed by atoms with van der Waals surface area (Å²) in [6.07, 6.45) is 1.95. The molecule has 1 amide bonds. The average Bonchev–Trinajstić information content (AvgIpc) is 3.05. The zero-order valence-electron chi connectivity index (χ0n) is 17.2. The number of unbranched alkanes of at least 4 members (excludes halogenated alkanes) is 1. The van der Waals surface area contributed by atoms with Crippen molar-refractivity contribution in [1.82, 2.24) is 19.9 Å². The Morgan fingerprint density at radius 3 is 2.47 bits per heavy atom. The number of aromatic nitrogens is 3. The Morgan fingerprint density at radius 2 is 1.80 bits per heavy atom. The summed E-state index contributed by atoms with van der Waals surface area (Å²) in [5.74, 6) is 0.921. The summed E-state index contributed by atoms with van der Waals surface area (Å²) in [4.78, 5) is 22.6. The molecule has 2 aromatic heterocycles. The quantitative estimate of drug-likeness (QED) is 0.488. The van der Waals surface area contributed by atoms with Gasteiger partial charge in [0.1, 0.15) is 22.6 Å². The van der Waals surface area contributed by atoms with E-state index in [1.807, 2.05) is 53.1 Å². The molecular formula is C23H25N5O2. The van der Waals surface area contributed by atoms with E-state index in [0.717, 1.165) is 35.2 Å². The molecule has 0 saturated carbocycles. The Hall–Kier alpha value is -3.61. The molecule has 4 aromatic rings. The van der Waals surface area contributed by atoms with Gasteiger partial charge in [-0.15, -0.1) is 0 Å². The van der Waals surface area contributed by atoms with Crippen molar-refractivity contribution < 1.29 is 9.53 Å². The highest BCUT2D eigenvalue weighted by atomic mass is 16.5. The van der Waals surface area contributed by atoms with Crippen LogP contribution in [0.1, 0.15) is 35.7 Å². The minimum absolute atomic E-state index is 0.256. The van der Waals surface area contributed by atoms with Crippen LogP contribution in [0.4, 0.5) is 5.82 Å². The van der Waals surface area contributed by atoms with Crippen LogP contribution in [0.5, 0.6) is 5.75 Å². The average molecular weight is 403 g/mol. The van der Waals surface area contributed by atoms with E-state index < -0.39 is 0 Å². The topological polar surface area (TPSA) is 95.1 Å². The molecule has 0 saturated heterocycles. The van der Waals surface area contributed by atoms with Crippen molar-refractivity contribution in [3.63, 3.8) is 0 Å². The van der Waals surface area contributed by atoms with Gasteiger partial charge in [0, 0.05) is 13.1 Å². The predicted octanol–water partition coefficient (Wildman–Crippen LogP) is 3.91. The summed E-state index contributed by atoms with van der Waals surface area (Å²) in [5, 5.41) is 2.96. The zero-order chi connectivity index (χ0) is 21.1. The Labute approximate surface area is 174 Å². The van der Waals surface area contributed by atoms with Crippen molar-refractivity contribution >= 4 is 33.9 Å². The molecule has 0 fully saturated rings. The second-order valence-electron chi connectivity index (χ2n) is 7.18. The maximum Gasteiger partial charge on any atom is 0.257 e. The summed E-state index contributed by atoms with van der Waals surface area (Å²) in [7, 11) is 1.62. The van der Waals surface area contributed by atoms with Crippen LogP contribution in [0.15, 0.2) is 48.5 Å². The van der Waals surface area contributed by atoms with E-state index in [9.17, 15) is 4.79 Å². The van der Waals surface area contributed by atoms with E-state index in [2.05, 4.69) is 12.2 Å². The van der Waals surface area contributed by atoms with Gasteiger partial charge in [0.05, 0.1) is 18.1 Å². The van der Waals surface area contributed by atoms with Gasteiger partial charge in [0.25, 0.3) is 5.91 Å². The molecule has 0 atom stereocenters. The van der Waals surface area contributed by atoms with Crippen LogP contribution in [0.3, 0.4) is 0 Å². The molecule has 7 heteroatoms. The second-order valence-corrected chi connectivity index (χ2v) is 7.18. The molecule has 0 unspecified atom stereocenters. The highest BCUT2D eigenvalue weighted by molar-refractivity contribution is 6.10. The molecule has 0 aliphatic rings. The molecule has 30 heavy (non-hydrogen) atoms. The van der Waals surface area contributed by atoms with Gasteiger partial charge in [-0.25, -0.2) is 9.97 Å². The number of nitrogens with zero attached hydrogens (tertiary/aromatic N) is 3. The first-order valence-corrected chi connectivity index (χ1v) is 10.1. The van der Waals surface area contributed by atoms with E-state index >= 15 is 0 Å². The van der Waals surface area contributed by atoms with Gasteiger partial charge in [-0.1, -0.05) is 37.6 Å². The number of rotatable bonds is 7. The summed E-state index contributed by atoms with van der Waals surface area (Å²) >= 11 is 0. The van der Waals surface area contributed by atoms with Gasteiger partial charge >= 0.3 is 0 Å². The number of methoxy groups -OCH3 is 1. The monoisotopic (exact) mass is 403 g/mol. The molecular weight excluding hydrogens is 378 g/mol. The van der Waals surface area contributed by atoms with Crippen LogP contribution in [0.25, 0.3) is 22.2 Å². The largest absolute Gasteiger partial charge is 0.497 e. The lowest BCUT2D eigenvalue weighted by atomic mass is 10.2. The maximum absolute atomic E-state index is 13.1. The van der Waals surface area contributed by atoms with Crippen LogP contribution in [-0.2, 0) is 13.1 Å². The standard InChI is InChI=1S/C23H25N5O2/c1-3-4-13-28-21(24)19(20-22(28)27-18-8-6-5-7-17(18)26-20)23(29)25-14-15-9-11-16(30-2)12-10-15/h5-12H,3-4,13-14,24H2,1-2H3,(H,25,29). The number of nitrogens with two attached hydrogens (primary N) is 1. The van der Waals surface area contributed by atoms with Gasteiger partial charge in [-0.05, 0) is 36.2 Å². The normalized spacial score (nSPS) is 11.1. The van der Waals surface area contributed by atoms with E-state index in [0.29, 0.717) is 35.6 Å². The number of nitrogen functional groups attached to an aromatic ring is 1. The fourth-order valence-corrected chi connectivity index (χ4v) is 3.50. The molecule has 154 valence electrons. The molecule has 7 nitrogen and oxygen atoms in total. The number of carbonyl (C=O) groups is 1. The molecule has 4 rings (SSSR count). The second kappa shape index (κ2) is 8.41. The fraction of sp³-hybridized carbons (Fsp3) is 0.261. The van der Waals surface area contributed by atoms with Crippen LogP contribution in [0.2, 0.25) is 0 Å². The number of amides is 1. The molecule has 3 N–H and O–H groups in total. The van der Waals surface area contributed by atoms with Crippen molar-refractivity contribution in [1.29, 1.82) is 0 Å². The number of nitrogens with one attached hydrogen (secondary N) is 1. The van der Waals surface area contributed by atoms with Crippen molar-refractivity contribution in [3.8, 4) is 5.75 Å². The number of aryl methyl sites for hydroxylation is 1. The highest BCUT2D eigenvalue weighted by Gasteiger charge is 2.23. The third kappa shape index (κ3) is 3.66. The number of carbonyl (C=O) groups excluding carboxylic acids is 1. The molecule has 0 spiro atoms. The number of para-hydroxylation sites is 2. The summed E-state index contributed by atoms with van der Waals surface area (Å²) in [6.45, 7) is 3.19. The lowest BCUT2D eigenvalue weighted by Gasteiger charge is -2.08. The SMILES string of the molecule is CCCCn1c(N)c(C(=O)NCc2ccc(OC)cc2)c2nc3ccccc3nc21. The van der Waals surface area contributed by atoms with Crippen LogP contribution in [0, 0.1) is 0 Å². The van der Waals surface area contributed by atoms with Gasteiger partial charge in [0.15, 0.2) is 5.65 Å². The molecule has 0 aliphatic carbocycles. The Balaban J connectivity index is 1.71. The van der Waals surface area contributed by atoms with E-state index in [4.69, 9.17) is 20.4 Å². The number of fused-ring (bicyclic) bond motifs is 2. The maximum atomic E-state index is 13.1. The Morgan fingerprint density at radius 1 is 1.10 bits per heavy atom. The lowest BCUT2D eigenvalue weighted by Crippen LogP contribution is -2.24. The van der Waals surface area contributed by atoms with Crippen LogP contribution < -0.4 is 15.8 Å². The lowest BCUT2D eigenvalue weighted by molar-refractivity contribution is 0.0953. The van der Waals surface area contributed by atoms with Gasteiger partial charge in [-0.3, -0.25) is 4.79 Å². The van der Waals surface area contributed by atoms with Crippen LogP contribution >= 0.6 is 0 Å². The summed E-state index contributed by atoms with van der Waals surface area (Å²) in [6, 6.07) is 15.2. The van der Waals surface area contributed by atoms with Crippen LogP contribution in [-0.4, -0.2) is 27.6 Å². The predicted molar refractivity (Wildman–Crippen MR) is 119 cm³/mol. The molecule has 0 bridgehead atoms. The first-order chi connectivity index (χ1) is 14.6. The van der Waals surface area contributed by atoms with Gasteiger partial charge in [-0.2, -0.15) is 0 Å². The smallest absolute Gasteiger partial charge is 0.257 e. The summed E-state index contributed by atoms with van der Waals surface area (Å²) in [5.41, 5.74) is 10.5. The van der Waals surface area contributed by atoms with Crippen molar-refractivity contribution in [2.24, 2.45) is 0 Å². The number of hydrogen-bond donors (Lipinski definition) is 2. The first kappa shape index (κ1) is 19.7. The third-order valence-corrected chi connectivity index (χ3v) is 5.17. The number of ether oxygens (including phenoxy) is 1. The molecule has 2 aromatic carbocycles. The Bertz CT molecular complexity index is 1200. The number of benzene rings is 2. The Kier molecular flexibility index (Phi) is 5.52. The minimum atomic E-state index is -0.256. The number of anilines is 1. The van der Waals surface area contributed by atoms with Crippen molar-refractivity contribution in [2.75, 3.05) is 12.8 Å². The van der Waals surface area contributed by atoms with E-state index in [-0.39, 0.29) is 5.91 Å². The first-order valence-electron chi connectivity index (χ1n) is 10.1. The van der Waals surface area contributed by atoms with E-state index in [1.165, 1.54) is 0 Å². The summed E-state index contributed by atoms with van der Waals surface area (Å²) < 4.78 is 7.08. The fourth-order valence-electron chi connectivity index (χ4n) is 3.50. The van der Waals surface area contributed by atoms with Crippen molar-refractivity contribution in [3.05, 3.63) is 59.7 Å². The van der Waals surface area contributed by atoms with Crippen molar-refractivity contribution in [2.45, 2.75) is 32.9 Å². The molecule has 2 heterocycles. The molecule has 0 radical (unpaired) electrons. The van der Waals surface area contributed by atoms with Gasteiger partial charge < -0.3 is 20.4 Å². The minimum Gasteiger partial charge on any atom is -0.497 e. The zero-order valence-corrected chi connectivity index (χ0v) is 17.2. The van der Waals surface area contributed by atoms with E-state index in [1.54, 1.807) is 7.11 Å².